The maximum atomic E-state index is 4.44. The molecule has 0 unspecified atom stereocenters. The summed E-state index contributed by atoms with van der Waals surface area (Å²) in [6.45, 7) is 1.56. The van der Waals surface area contributed by atoms with Gasteiger partial charge in [-0.25, -0.2) is 9.78 Å². The molecule has 2 nitrogen and oxygen atoms in total. The van der Waals surface area contributed by atoms with Crippen molar-refractivity contribution in [2.75, 3.05) is 13.2 Å². The van der Waals surface area contributed by atoms with E-state index in [0.717, 1.165) is 19.6 Å². The Morgan fingerprint density at radius 2 is 1.50 bits per heavy atom. The molecule has 32 valence electrons. The monoisotopic (exact) mass is 82.1 g/mol. The van der Waals surface area contributed by atoms with Gasteiger partial charge in [0.15, 0.2) is 0 Å². The third kappa shape index (κ3) is 1.84. The van der Waals surface area contributed by atoms with Gasteiger partial charge in [0.05, 0.1) is 13.2 Å². The van der Waals surface area contributed by atoms with Gasteiger partial charge in [0.1, 0.15) is 0 Å². The molecule has 0 aromatic heterocycles. The minimum atomic E-state index is 0. The van der Waals surface area contributed by atoms with E-state index in [-0.39, 0.29) is 18.9 Å². The van der Waals surface area contributed by atoms with Crippen molar-refractivity contribution in [3.05, 3.63) is 0 Å². The molecule has 1 aliphatic rings. The van der Waals surface area contributed by atoms with Gasteiger partial charge in [-0.05, 0) is 0 Å². The fraction of sp³-hybridized carbons (Fsp3) is 1.00. The average Bonchev–Trinajstić information content (AvgIpc) is 1.76. The standard InChI is InChI=1S/C3H6O2.Li.H/c1-2-4-5-3-1;;/h1-3H2;;. The molecule has 3 heteroatoms. The molecule has 0 bridgehead atoms. The van der Waals surface area contributed by atoms with Crippen LogP contribution < -0.4 is 0 Å². The Morgan fingerprint density at radius 1 is 1.00 bits per heavy atom. The van der Waals surface area contributed by atoms with Gasteiger partial charge in [-0.2, -0.15) is 0 Å². The Balaban J connectivity index is 0.000000250. The third-order valence-electron chi connectivity index (χ3n) is 0.539. The first-order valence-electron chi connectivity index (χ1n) is 1.74. The summed E-state index contributed by atoms with van der Waals surface area (Å²) in [5.41, 5.74) is 0. The maximum absolute atomic E-state index is 4.44. The van der Waals surface area contributed by atoms with Gasteiger partial charge in [-0.3, -0.25) is 0 Å². The first-order valence-corrected chi connectivity index (χ1v) is 1.74. The van der Waals surface area contributed by atoms with E-state index in [2.05, 4.69) is 9.78 Å². The Labute approximate surface area is 48.9 Å². The molecule has 1 fully saturated rings. The van der Waals surface area contributed by atoms with E-state index < -0.39 is 0 Å². The summed E-state index contributed by atoms with van der Waals surface area (Å²) in [5, 5.41) is 0. The summed E-state index contributed by atoms with van der Waals surface area (Å²) >= 11 is 0. The summed E-state index contributed by atoms with van der Waals surface area (Å²) in [5.74, 6) is 0. The predicted molar refractivity (Wildman–Crippen MR) is 23.7 cm³/mol. The zero-order chi connectivity index (χ0) is 3.54. The molecule has 1 saturated heterocycles. The van der Waals surface area contributed by atoms with Gasteiger partial charge in [0, 0.05) is 6.42 Å². The summed E-state index contributed by atoms with van der Waals surface area (Å²) in [7, 11) is 0. The Kier molecular flexibility index (Phi) is 4.02. The fourth-order valence-corrected chi connectivity index (χ4v) is 0.295. The molecule has 1 heterocycles. The van der Waals surface area contributed by atoms with Crippen LogP contribution in [0.15, 0.2) is 0 Å². The Hall–Kier alpha value is 0.517. The normalized spacial score (nSPS) is 20.0. The van der Waals surface area contributed by atoms with Crippen LogP contribution in [0.2, 0.25) is 0 Å². The Bertz CT molecular complexity index is 20.4. The molecule has 0 radical (unpaired) electrons. The van der Waals surface area contributed by atoms with Crippen LogP contribution in [0.3, 0.4) is 0 Å². The molecule has 0 N–H and O–H groups in total. The average molecular weight is 82.0 g/mol. The van der Waals surface area contributed by atoms with Crippen LogP contribution >= 0.6 is 0 Å². The van der Waals surface area contributed by atoms with Crippen LogP contribution in [0.1, 0.15) is 6.42 Å². The van der Waals surface area contributed by atoms with Gasteiger partial charge in [0.25, 0.3) is 0 Å². The first-order chi connectivity index (χ1) is 2.50. The van der Waals surface area contributed by atoms with Crippen molar-refractivity contribution >= 4 is 18.9 Å². The van der Waals surface area contributed by atoms with Crippen LogP contribution in [0, 0.1) is 0 Å². The second-order valence-corrected chi connectivity index (χ2v) is 0.998. The number of hydrogen-bond acceptors (Lipinski definition) is 2. The van der Waals surface area contributed by atoms with Gasteiger partial charge in [-0.15, -0.1) is 0 Å². The molecule has 0 aromatic carbocycles. The van der Waals surface area contributed by atoms with E-state index >= 15 is 0 Å². The van der Waals surface area contributed by atoms with Crippen molar-refractivity contribution in [3.8, 4) is 0 Å². The van der Waals surface area contributed by atoms with E-state index in [1.807, 2.05) is 0 Å². The SMILES string of the molecule is C1COOC1.[LiH]. The summed E-state index contributed by atoms with van der Waals surface area (Å²) < 4.78 is 0. The number of rotatable bonds is 0. The topological polar surface area (TPSA) is 18.5 Å². The molecule has 0 spiro atoms. The predicted octanol–water partition coefficient (Wildman–Crippen LogP) is -0.310. The molecule has 0 amide bonds. The van der Waals surface area contributed by atoms with E-state index in [1.165, 1.54) is 0 Å². The molecule has 6 heavy (non-hydrogen) atoms. The fourth-order valence-electron chi connectivity index (χ4n) is 0.295. The van der Waals surface area contributed by atoms with Crippen molar-refractivity contribution in [2.45, 2.75) is 6.42 Å². The van der Waals surface area contributed by atoms with E-state index in [0.29, 0.717) is 0 Å². The second kappa shape index (κ2) is 3.70. The second-order valence-electron chi connectivity index (χ2n) is 0.998. The van der Waals surface area contributed by atoms with Gasteiger partial charge >= 0.3 is 18.9 Å². The third-order valence-corrected chi connectivity index (χ3v) is 0.539. The van der Waals surface area contributed by atoms with Gasteiger partial charge in [-0.1, -0.05) is 0 Å². The van der Waals surface area contributed by atoms with Crippen molar-refractivity contribution in [1.29, 1.82) is 0 Å². The molecule has 1 aliphatic heterocycles. The van der Waals surface area contributed by atoms with E-state index in [9.17, 15) is 0 Å². The molecule has 1 rings (SSSR count). The van der Waals surface area contributed by atoms with Gasteiger partial charge in [0.2, 0.25) is 0 Å². The van der Waals surface area contributed by atoms with Crippen LogP contribution in [-0.2, 0) is 9.78 Å². The molecule has 0 atom stereocenters. The zero-order valence-corrected chi connectivity index (χ0v) is 2.94. The summed E-state index contributed by atoms with van der Waals surface area (Å²) in [6, 6.07) is 0. The quantitative estimate of drug-likeness (QED) is 0.295. The summed E-state index contributed by atoms with van der Waals surface area (Å²) in [4.78, 5) is 8.89. The van der Waals surface area contributed by atoms with E-state index in [4.69, 9.17) is 0 Å². The van der Waals surface area contributed by atoms with E-state index in [1.54, 1.807) is 0 Å². The summed E-state index contributed by atoms with van der Waals surface area (Å²) in [6.07, 6.45) is 1.06. The number of hydrogen-bond donors (Lipinski definition) is 0. The van der Waals surface area contributed by atoms with Crippen LogP contribution in [0.5, 0.6) is 0 Å². The van der Waals surface area contributed by atoms with Crippen molar-refractivity contribution in [1.82, 2.24) is 0 Å². The zero-order valence-electron chi connectivity index (χ0n) is 2.94. The first kappa shape index (κ1) is 6.52. The van der Waals surface area contributed by atoms with Crippen LogP contribution in [-0.4, -0.2) is 32.1 Å². The minimum absolute atomic E-state index is 0. The van der Waals surface area contributed by atoms with Crippen molar-refractivity contribution in [2.24, 2.45) is 0 Å². The van der Waals surface area contributed by atoms with Crippen LogP contribution in [0.4, 0.5) is 0 Å². The molecular weight excluding hydrogens is 75.0 g/mol. The molecule has 0 aliphatic carbocycles. The van der Waals surface area contributed by atoms with Crippen molar-refractivity contribution in [3.63, 3.8) is 0 Å². The molecule has 0 saturated carbocycles. The van der Waals surface area contributed by atoms with Crippen LogP contribution in [0.25, 0.3) is 0 Å². The van der Waals surface area contributed by atoms with Crippen molar-refractivity contribution < 1.29 is 9.78 Å². The molecular formula is C3H7LiO2. The van der Waals surface area contributed by atoms with Gasteiger partial charge < -0.3 is 0 Å². The molecule has 0 aromatic rings. The Morgan fingerprint density at radius 3 is 1.67 bits per heavy atom.